The van der Waals surface area contributed by atoms with Gasteiger partial charge >= 0.3 is 6.03 Å². The Morgan fingerprint density at radius 1 is 0.909 bits per heavy atom. The molecule has 0 atom stereocenters. The second-order valence-electron chi connectivity index (χ2n) is 7.90. The van der Waals surface area contributed by atoms with E-state index < -0.39 is 6.03 Å². The molecule has 2 heterocycles. The van der Waals surface area contributed by atoms with Gasteiger partial charge in [-0.1, -0.05) is 41.9 Å². The molecule has 0 aliphatic carbocycles. The van der Waals surface area contributed by atoms with Crippen LogP contribution in [0.4, 0.5) is 9.18 Å². The van der Waals surface area contributed by atoms with Gasteiger partial charge in [0.2, 0.25) is 0 Å². The smallest absolute Gasteiger partial charge is 0.329 e. The van der Waals surface area contributed by atoms with E-state index in [4.69, 9.17) is 11.6 Å². The van der Waals surface area contributed by atoms with E-state index in [1.165, 1.54) is 17.0 Å². The molecule has 1 fully saturated rings. The van der Waals surface area contributed by atoms with Crippen LogP contribution >= 0.6 is 11.6 Å². The summed E-state index contributed by atoms with van der Waals surface area (Å²) in [5.41, 5.74) is 3.70. The topological polar surface area (TPSA) is 54.3 Å². The van der Waals surface area contributed by atoms with Crippen LogP contribution in [0.25, 0.3) is 17.0 Å². The van der Waals surface area contributed by atoms with Crippen molar-refractivity contribution in [3.63, 3.8) is 0 Å². The summed E-state index contributed by atoms with van der Waals surface area (Å²) in [6.45, 7) is 0.719. The monoisotopic (exact) mass is 459 g/mol. The molecule has 7 heteroatoms. The first-order valence-corrected chi connectivity index (χ1v) is 10.8. The molecule has 3 amide bonds. The highest BCUT2D eigenvalue weighted by Gasteiger charge is 2.33. The Kier molecular flexibility index (Phi) is 5.44. The van der Waals surface area contributed by atoms with E-state index >= 15 is 0 Å². The number of hydrogen-bond donors (Lipinski definition) is 1. The minimum absolute atomic E-state index is 0.168. The van der Waals surface area contributed by atoms with E-state index in [2.05, 4.69) is 5.32 Å². The van der Waals surface area contributed by atoms with Crippen LogP contribution in [0.3, 0.4) is 0 Å². The number of carbonyl (C=O) groups excluding carboxylic acids is 2. The van der Waals surface area contributed by atoms with E-state index in [0.717, 1.165) is 27.6 Å². The highest BCUT2D eigenvalue weighted by Crippen LogP contribution is 2.23. The molecular weight excluding hydrogens is 441 g/mol. The van der Waals surface area contributed by atoms with Crippen LogP contribution in [0.5, 0.6) is 0 Å². The lowest BCUT2D eigenvalue weighted by molar-refractivity contribution is -0.123. The first kappa shape index (κ1) is 21.0. The highest BCUT2D eigenvalue weighted by atomic mass is 35.5. The molecule has 1 aromatic heterocycles. The standard InChI is InChI=1S/C26H19ClFN3O2/c27-21-7-4-17(5-8-21)16-31-25(32)23(29-26(31)33)14-18-6-9-24-20(12-18)10-11-30(24)15-19-2-1-3-22(28)13-19/h1-14H,15-16H2,(H,29,33)/b23-14+. The third-order valence-corrected chi connectivity index (χ3v) is 5.82. The van der Waals surface area contributed by atoms with E-state index in [1.807, 2.05) is 41.1 Å². The molecule has 1 saturated heterocycles. The first-order valence-electron chi connectivity index (χ1n) is 10.4. The summed E-state index contributed by atoms with van der Waals surface area (Å²) in [7, 11) is 0. The van der Waals surface area contributed by atoms with Crippen LogP contribution in [0.1, 0.15) is 16.7 Å². The summed E-state index contributed by atoms with van der Waals surface area (Å²) in [5.74, 6) is -0.634. The molecule has 5 nitrogen and oxygen atoms in total. The van der Waals surface area contributed by atoms with E-state index in [1.54, 1.807) is 36.4 Å². The van der Waals surface area contributed by atoms with Gasteiger partial charge in [-0.05, 0) is 65.2 Å². The number of hydrogen-bond acceptors (Lipinski definition) is 2. The van der Waals surface area contributed by atoms with Gasteiger partial charge in [-0.15, -0.1) is 0 Å². The van der Waals surface area contributed by atoms with Crippen molar-refractivity contribution in [2.75, 3.05) is 0 Å². The fourth-order valence-corrected chi connectivity index (χ4v) is 4.06. The van der Waals surface area contributed by atoms with Gasteiger partial charge in [0.05, 0.1) is 6.54 Å². The number of rotatable bonds is 5. The van der Waals surface area contributed by atoms with Crippen LogP contribution < -0.4 is 5.32 Å². The Morgan fingerprint density at radius 2 is 1.73 bits per heavy atom. The van der Waals surface area contributed by atoms with Gasteiger partial charge in [-0.2, -0.15) is 0 Å². The molecule has 0 spiro atoms. The lowest BCUT2D eigenvalue weighted by Gasteiger charge is -2.11. The Balaban J connectivity index is 1.36. The molecule has 0 bridgehead atoms. The third kappa shape index (κ3) is 4.38. The summed E-state index contributed by atoms with van der Waals surface area (Å²) in [6, 6.07) is 20.9. The first-order chi connectivity index (χ1) is 16.0. The summed E-state index contributed by atoms with van der Waals surface area (Å²) in [4.78, 5) is 26.3. The molecule has 1 aliphatic rings. The van der Waals surface area contributed by atoms with E-state index in [9.17, 15) is 14.0 Å². The maximum atomic E-state index is 13.5. The molecule has 1 N–H and O–H groups in total. The van der Waals surface area contributed by atoms with Crippen molar-refractivity contribution in [1.82, 2.24) is 14.8 Å². The average Bonchev–Trinajstić information content (AvgIpc) is 3.30. The number of imide groups is 1. The lowest BCUT2D eigenvalue weighted by Crippen LogP contribution is -2.30. The van der Waals surface area contributed by atoms with Crippen molar-refractivity contribution < 1.29 is 14.0 Å². The summed E-state index contributed by atoms with van der Waals surface area (Å²) in [5, 5.41) is 4.23. The van der Waals surface area contributed by atoms with Gasteiger partial charge in [-0.25, -0.2) is 9.18 Å². The van der Waals surface area contributed by atoms with Crippen LogP contribution in [0, 0.1) is 5.82 Å². The zero-order valence-electron chi connectivity index (χ0n) is 17.5. The number of nitrogens with one attached hydrogen (secondary N) is 1. The van der Waals surface area contributed by atoms with Crippen LogP contribution in [-0.2, 0) is 17.9 Å². The predicted molar refractivity (Wildman–Crippen MR) is 126 cm³/mol. The van der Waals surface area contributed by atoms with Crippen LogP contribution in [0.15, 0.2) is 84.7 Å². The van der Waals surface area contributed by atoms with Crippen molar-refractivity contribution >= 4 is 40.5 Å². The quantitative estimate of drug-likeness (QED) is 0.313. The highest BCUT2D eigenvalue weighted by molar-refractivity contribution is 6.30. The normalized spacial score (nSPS) is 15.0. The number of nitrogens with zero attached hydrogens (tertiary/aromatic N) is 2. The fraction of sp³-hybridized carbons (Fsp3) is 0.0769. The zero-order valence-corrected chi connectivity index (χ0v) is 18.2. The molecule has 33 heavy (non-hydrogen) atoms. The Bertz CT molecular complexity index is 1410. The number of urea groups is 1. The maximum absolute atomic E-state index is 13.5. The molecule has 3 aromatic carbocycles. The largest absolute Gasteiger partial charge is 0.343 e. The summed E-state index contributed by atoms with van der Waals surface area (Å²) < 4.78 is 15.5. The molecule has 0 saturated carbocycles. The summed E-state index contributed by atoms with van der Waals surface area (Å²) in [6.07, 6.45) is 3.62. The van der Waals surface area contributed by atoms with E-state index in [-0.39, 0.29) is 24.0 Å². The fourth-order valence-electron chi connectivity index (χ4n) is 3.93. The van der Waals surface area contributed by atoms with Crippen molar-refractivity contribution in [3.8, 4) is 0 Å². The maximum Gasteiger partial charge on any atom is 0.329 e. The molecular formula is C26H19ClFN3O2. The number of aromatic nitrogens is 1. The van der Waals surface area contributed by atoms with Gasteiger partial charge in [0.1, 0.15) is 11.5 Å². The van der Waals surface area contributed by atoms with E-state index in [0.29, 0.717) is 11.6 Å². The number of halogens is 2. The molecule has 5 rings (SSSR count). The number of amides is 3. The molecule has 0 radical (unpaired) electrons. The van der Waals surface area contributed by atoms with Gasteiger partial charge < -0.3 is 9.88 Å². The predicted octanol–water partition coefficient (Wildman–Crippen LogP) is 5.58. The van der Waals surface area contributed by atoms with Gasteiger partial charge in [0.25, 0.3) is 5.91 Å². The SMILES string of the molecule is O=C1N/C(=C/c2ccc3c(ccn3Cc3cccc(F)c3)c2)C(=O)N1Cc1ccc(Cl)cc1. The van der Waals surface area contributed by atoms with Crippen molar-refractivity contribution in [2.24, 2.45) is 0 Å². The number of benzene rings is 3. The second-order valence-corrected chi connectivity index (χ2v) is 8.33. The minimum atomic E-state index is -0.455. The molecule has 164 valence electrons. The van der Waals surface area contributed by atoms with Crippen molar-refractivity contribution in [1.29, 1.82) is 0 Å². The Morgan fingerprint density at radius 3 is 2.52 bits per heavy atom. The lowest BCUT2D eigenvalue weighted by atomic mass is 10.1. The number of fused-ring (bicyclic) bond motifs is 1. The Hall–Kier alpha value is -3.90. The van der Waals surface area contributed by atoms with Crippen molar-refractivity contribution in [2.45, 2.75) is 13.1 Å². The second kappa shape index (κ2) is 8.56. The molecule has 1 aliphatic heterocycles. The van der Waals surface area contributed by atoms with Gasteiger partial charge in [0, 0.05) is 28.7 Å². The summed E-state index contributed by atoms with van der Waals surface area (Å²) >= 11 is 5.90. The van der Waals surface area contributed by atoms with Gasteiger partial charge in [0.15, 0.2) is 0 Å². The number of carbonyl (C=O) groups is 2. The van der Waals surface area contributed by atoms with Crippen LogP contribution in [-0.4, -0.2) is 21.4 Å². The van der Waals surface area contributed by atoms with Crippen LogP contribution in [0.2, 0.25) is 5.02 Å². The Labute approximate surface area is 194 Å². The minimum Gasteiger partial charge on any atom is -0.343 e. The zero-order chi connectivity index (χ0) is 22.9. The third-order valence-electron chi connectivity index (χ3n) is 5.56. The molecule has 0 unspecified atom stereocenters. The molecule has 4 aromatic rings. The van der Waals surface area contributed by atoms with Gasteiger partial charge in [-0.3, -0.25) is 9.69 Å². The average molecular weight is 460 g/mol. The van der Waals surface area contributed by atoms with Crippen molar-refractivity contribution in [3.05, 3.63) is 112 Å².